The van der Waals surface area contributed by atoms with E-state index >= 15 is 0 Å². The fourth-order valence-corrected chi connectivity index (χ4v) is 2.39. The summed E-state index contributed by atoms with van der Waals surface area (Å²) in [5.41, 5.74) is 0.600. The van der Waals surface area contributed by atoms with Crippen molar-refractivity contribution in [2.75, 3.05) is 19.8 Å². The van der Waals surface area contributed by atoms with Crippen LogP contribution in [0.4, 0.5) is 8.78 Å². The molecule has 1 fully saturated rings. The van der Waals surface area contributed by atoms with Crippen molar-refractivity contribution in [3.8, 4) is 0 Å². The number of aryl methyl sites for hydroxylation is 1. The topological polar surface area (TPSA) is 66.8 Å². The molecule has 1 aliphatic heterocycles. The summed E-state index contributed by atoms with van der Waals surface area (Å²) in [7, 11) is 0. The number of aliphatic carboxylic acids is 1. The molecule has 22 heavy (non-hydrogen) atoms. The maximum Gasteiger partial charge on any atom is 0.328 e. The highest BCUT2D eigenvalue weighted by atomic mass is 19.2. The van der Waals surface area contributed by atoms with Crippen molar-refractivity contribution in [2.45, 2.75) is 25.3 Å². The zero-order valence-electron chi connectivity index (χ0n) is 11.9. The third kappa shape index (κ3) is 4.00. The Balaban J connectivity index is 1.86. The molecule has 120 valence electrons. The van der Waals surface area contributed by atoms with Gasteiger partial charge in [-0.05, 0) is 30.5 Å². The Kier molecular flexibility index (Phi) is 5.43. The Morgan fingerprint density at radius 3 is 2.77 bits per heavy atom. The second-order valence-corrected chi connectivity index (χ2v) is 5.12. The molecule has 1 aliphatic rings. The Bertz CT molecular complexity index is 564. The van der Waals surface area contributed by atoms with Gasteiger partial charge in [-0.3, -0.25) is 4.79 Å². The van der Waals surface area contributed by atoms with Crippen LogP contribution in [0, 0.1) is 11.6 Å². The standard InChI is InChI=1S/C15H17F2NO4/c16-11-5-4-10(8-12(11)17)2-1-3-14(19)18-6-7-22-9-13(18)15(20)21/h4-5,8,13H,1-3,6-7,9H2,(H,20,21). The maximum atomic E-state index is 13.1. The molecule has 0 radical (unpaired) electrons. The van der Waals surface area contributed by atoms with Crippen molar-refractivity contribution in [2.24, 2.45) is 0 Å². The van der Waals surface area contributed by atoms with Crippen molar-refractivity contribution in [1.29, 1.82) is 0 Å². The Hall–Kier alpha value is -2.02. The molecular weight excluding hydrogens is 296 g/mol. The summed E-state index contributed by atoms with van der Waals surface area (Å²) < 4.78 is 30.9. The Morgan fingerprint density at radius 2 is 2.09 bits per heavy atom. The molecule has 7 heteroatoms. The van der Waals surface area contributed by atoms with Crippen LogP contribution >= 0.6 is 0 Å². The van der Waals surface area contributed by atoms with E-state index in [4.69, 9.17) is 9.84 Å². The fourth-order valence-electron chi connectivity index (χ4n) is 2.39. The van der Waals surface area contributed by atoms with E-state index in [1.54, 1.807) is 0 Å². The van der Waals surface area contributed by atoms with Crippen LogP contribution in [0.1, 0.15) is 18.4 Å². The van der Waals surface area contributed by atoms with Gasteiger partial charge in [-0.2, -0.15) is 0 Å². The lowest BCUT2D eigenvalue weighted by Gasteiger charge is -2.32. The van der Waals surface area contributed by atoms with Gasteiger partial charge in [0.2, 0.25) is 5.91 Å². The highest BCUT2D eigenvalue weighted by Crippen LogP contribution is 2.14. The van der Waals surface area contributed by atoms with E-state index in [2.05, 4.69) is 0 Å². The summed E-state index contributed by atoms with van der Waals surface area (Å²) in [6.07, 6.45) is 1.02. The minimum Gasteiger partial charge on any atom is -0.480 e. The molecule has 0 aliphatic carbocycles. The predicted molar refractivity (Wildman–Crippen MR) is 73.3 cm³/mol. The van der Waals surface area contributed by atoms with E-state index < -0.39 is 23.6 Å². The normalized spacial score (nSPS) is 18.3. The van der Waals surface area contributed by atoms with Crippen molar-refractivity contribution in [1.82, 2.24) is 4.90 Å². The molecule has 1 saturated heterocycles. The van der Waals surface area contributed by atoms with Gasteiger partial charge >= 0.3 is 5.97 Å². The first-order valence-electron chi connectivity index (χ1n) is 7.03. The van der Waals surface area contributed by atoms with Gasteiger partial charge in [-0.1, -0.05) is 6.07 Å². The zero-order chi connectivity index (χ0) is 16.1. The van der Waals surface area contributed by atoms with Crippen LogP contribution in [0.25, 0.3) is 0 Å². The average Bonchev–Trinajstić information content (AvgIpc) is 2.50. The number of benzene rings is 1. The molecule has 1 atom stereocenters. The van der Waals surface area contributed by atoms with Gasteiger partial charge in [-0.15, -0.1) is 0 Å². The van der Waals surface area contributed by atoms with E-state index in [9.17, 15) is 18.4 Å². The first-order chi connectivity index (χ1) is 10.5. The van der Waals surface area contributed by atoms with Gasteiger partial charge in [0.1, 0.15) is 0 Å². The molecular formula is C15H17F2NO4. The van der Waals surface area contributed by atoms with Gasteiger partial charge in [-0.25, -0.2) is 13.6 Å². The number of carbonyl (C=O) groups is 2. The Labute approximate surface area is 126 Å². The highest BCUT2D eigenvalue weighted by molar-refractivity contribution is 5.84. The lowest BCUT2D eigenvalue weighted by Crippen LogP contribution is -2.52. The number of rotatable bonds is 5. The third-order valence-electron chi connectivity index (χ3n) is 3.57. The summed E-state index contributed by atoms with van der Waals surface area (Å²) in [4.78, 5) is 24.5. The van der Waals surface area contributed by atoms with Gasteiger partial charge in [0.25, 0.3) is 0 Å². The first-order valence-corrected chi connectivity index (χ1v) is 7.03. The van der Waals surface area contributed by atoms with Crippen molar-refractivity contribution in [3.63, 3.8) is 0 Å². The lowest BCUT2D eigenvalue weighted by molar-refractivity contribution is -0.158. The average molecular weight is 313 g/mol. The number of nitrogens with zero attached hydrogens (tertiary/aromatic N) is 1. The van der Waals surface area contributed by atoms with Gasteiger partial charge < -0.3 is 14.7 Å². The highest BCUT2D eigenvalue weighted by Gasteiger charge is 2.32. The minimum atomic E-state index is -1.09. The first kappa shape index (κ1) is 16.4. The number of amides is 1. The summed E-state index contributed by atoms with van der Waals surface area (Å²) >= 11 is 0. The largest absolute Gasteiger partial charge is 0.480 e. The van der Waals surface area contributed by atoms with Gasteiger partial charge in [0.15, 0.2) is 17.7 Å². The number of morpholine rings is 1. The molecule has 1 N–H and O–H groups in total. The number of carboxylic acid groups (broad SMARTS) is 1. The molecule has 1 heterocycles. The van der Waals surface area contributed by atoms with E-state index in [1.165, 1.54) is 11.0 Å². The molecule has 1 aromatic carbocycles. The van der Waals surface area contributed by atoms with Crippen LogP contribution in [0.15, 0.2) is 18.2 Å². The second-order valence-electron chi connectivity index (χ2n) is 5.12. The summed E-state index contributed by atoms with van der Waals surface area (Å²) in [6.45, 7) is 0.559. The molecule has 0 aromatic heterocycles. The molecule has 1 amide bonds. The van der Waals surface area contributed by atoms with Gasteiger partial charge in [0.05, 0.1) is 13.2 Å². The maximum absolute atomic E-state index is 13.1. The van der Waals surface area contributed by atoms with Crippen LogP contribution in [0.5, 0.6) is 0 Å². The number of ether oxygens (including phenoxy) is 1. The van der Waals surface area contributed by atoms with Crippen LogP contribution in [0.2, 0.25) is 0 Å². The SMILES string of the molecule is O=C(O)C1COCCN1C(=O)CCCc1ccc(F)c(F)c1. The number of carbonyl (C=O) groups excluding carboxylic acids is 1. The smallest absolute Gasteiger partial charge is 0.328 e. The zero-order valence-corrected chi connectivity index (χ0v) is 11.9. The predicted octanol–water partition coefficient (Wildman–Crippen LogP) is 1.60. The van der Waals surface area contributed by atoms with Gasteiger partial charge in [0, 0.05) is 13.0 Å². The molecule has 0 spiro atoms. The summed E-state index contributed by atoms with van der Waals surface area (Å²) in [5, 5.41) is 9.07. The number of halogens is 2. The van der Waals surface area contributed by atoms with Crippen molar-refractivity contribution < 1.29 is 28.2 Å². The Morgan fingerprint density at radius 1 is 1.32 bits per heavy atom. The van der Waals surface area contributed by atoms with Crippen LogP contribution in [0.3, 0.4) is 0 Å². The molecule has 5 nitrogen and oxygen atoms in total. The lowest BCUT2D eigenvalue weighted by atomic mass is 10.1. The van der Waals surface area contributed by atoms with E-state index in [1.807, 2.05) is 0 Å². The van der Waals surface area contributed by atoms with Crippen molar-refractivity contribution in [3.05, 3.63) is 35.4 Å². The van der Waals surface area contributed by atoms with Crippen molar-refractivity contribution >= 4 is 11.9 Å². The molecule has 0 saturated carbocycles. The minimum absolute atomic E-state index is 0.00968. The molecule has 0 bridgehead atoms. The van der Waals surface area contributed by atoms with E-state index in [-0.39, 0.29) is 25.5 Å². The molecule has 2 rings (SSSR count). The van der Waals surface area contributed by atoms with E-state index in [0.29, 0.717) is 25.0 Å². The van der Waals surface area contributed by atoms with Crippen LogP contribution in [-0.4, -0.2) is 47.7 Å². The van der Waals surface area contributed by atoms with Crippen LogP contribution < -0.4 is 0 Å². The summed E-state index contributed by atoms with van der Waals surface area (Å²) in [6, 6.07) is 2.67. The fraction of sp³-hybridized carbons (Fsp3) is 0.467. The number of hydrogen-bond acceptors (Lipinski definition) is 3. The third-order valence-corrected chi connectivity index (χ3v) is 3.57. The number of carboxylic acids is 1. The molecule has 1 unspecified atom stereocenters. The molecule has 1 aromatic rings. The monoisotopic (exact) mass is 313 g/mol. The quantitative estimate of drug-likeness (QED) is 0.896. The van der Waals surface area contributed by atoms with Crippen LogP contribution in [-0.2, 0) is 20.7 Å². The van der Waals surface area contributed by atoms with E-state index in [0.717, 1.165) is 12.1 Å². The number of hydrogen-bond donors (Lipinski definition) is 1. The summed E-state index contributed by atoms with van der Waals surface area (Å²) in [5.74, 6) is -3.17. The second kappa shape index (κ2) is 7.31.